The fourth-order valence-electron chi connectivity index (χ4n) is 3.87. The van der Waals surface area contributed by atoms with Crippen LogP contribution in [0.5, 0.6) is 0 Å². The van der Waals surface area contributed by atoms with Crippen LogP contribution >= 0.6 is 0 Å². The van der Waals surface area contributed by atoms with Gasteiger partial charge in [-0.3, -0.25) is 9.69 Å². The van der Waals surface area contributed by atoms with Crippen LogP contribution in [0.1, 0.15) is 16.8 Å². The summed E-state index contributed by atoms with van der Waals surface area (Å²) in [6.07, 6.45) is 0. The molecule has 1 aliphatic heterocycles. The lowest BCUT2D eigenvalue weighted by atomic mass is 10.1. The number of nitrogens with zero attached hydrogens (tertiary/aromatic N) is 2. The molecule has 1 fully saturated rings. The van der Waals surface area contributed by atoms with Crippen LogP contribution in [0.4, 0.5) is 5.69 Å². The fourth-order valence-corrected chi connectivity index (χ4v) is 3.87. The number of anilines is 1. The molecule has 0 atom stereocenters. The number of H-pyrrole nitrogens is 1. The van der Waals surface area contributed by atoms with E-state index in [2.05, 4.69) is 40.0 Å². The van der Waals surface area contributed by atoms with Crippen LogP contribution in [-0.4, -0.2) is 43.2 Å². The van der Waals surface area contributed by atoms with Crippen molar-refractivity contribution in [1.29, 1.82) is 0 Å². The molecule has 2 aromatic carbocycles. The highest BCUT2D eigenvalue weighted by molar-refractivity contribution is 5.83. The number of rotatable bonds is 5. The number of hydrogen-bond donors (Lipinski definition) is 1. The summed E-state index contributed by atoms with van der Waals surface area (Å²) in [6, 6.07) is 16.5. The second-order valence-corrected chi connectivity index (χ2v) is 7.54. The van der Waals surface area contributed by atoms with E-state index in [4.69, 9.17) is 4.74 Å². The van der Waals surface area contributed by atoms with E-state index in [-0.39, 0.29) is 5.43 Å². The van der Waals surface area contributed by atoms with Crippen LogP contribution in [0.15, 0.2) is 53.3 Å². The molecule has 1 aliphatic rings. The Morgan fingerprint density at radius 3 is 2.57 bits per heavy atom. The largest absolute Gasteiger partial charge is 0.378 e. The molecule has 1 saturated heterocycles. The Bertz CT molecular complexity index is 1010. The third kappa shape index (κ3) is 3.96. The third-order valence-electron chi connectivity index (χ3n) is 5.40. The van der Waals surface area contributed by atoms with Gasteiger partial charge in [-0.1, -0.05) is 30.3 Å². The zero-order chi connectivity index (χ0) is 19.5. The van der Waals surface area contributed by atoms with Crippen molar-refractivity contribution in [2.24, 2.45) is 0 Å². The number of nitrogens with one attached hydrogen (secondary N) is 1. The average molecular weight is 377 g/mol. The molecule has 0 aliphatic carbocycles. The van der Waals surface area contributed by atoms with Crippen molar-refractivity contribution in [3.63, 3.8) is 0 Å². The first kappa shape index (κ1) is 18.7. The normalized spacial score (nSPS) is 14.8. The van der Waals surface area contributed by atoms with Crippen molar-refractivity contribution in [2.75, 3.05) is 38.3 Å². The molecule has 0 bridgehead atoms. The zero-order valence-corrected chi connectivity index (χ0v) is 16.6. The summed E-state index contributed by atoms with van der Waals surface area (Å²) in [5.74, 6) is 0. The third-order valence-corrected chi connectivity index (χ3v) is 5.40. The minimum Gasteiger partial charge on any atom is -0.378 e. The summed E-state index contributed by atoms with van der Waals surface area (Å²) in [4.78, 5) is 21.2. The summed E-state index contributed by atoms with van der Waals surface area (Å²) in [7, 11) is 2.06. The van der Waals surface area contributed by atoms with Gasteiger partial charge in [-0.15, -0.1) is 0 Å². The molecule has 0 saturated carbocycles. The SMILES string of the molecule is Cc1[nH]c2ccc(N3CCOCC3)cc2c(=O)c1CN(C)Cc1ccccc1. The number of ether oxygens (including phenoxy) is 1. The highest BCUT2D eigenvalue weighted by Gasteiger charge is 2.15. The number of aromatic amines is 1. The van der Waals surface area contributed by atoms with Crippen LogP contribution < -0.4 is 10.3 Å². The summed E-state index contributed by atoms with van der Waals surface area (Å²) in [5.41, 5.74) is 5.14. The molecule has 0 amide bonds. The Hall–Kier alpha value is -2.63. The van der Waals surface area contributed by atoms with Gasteiger partial charge in [-0.25, -0.2) is 0 Å². The van der Waals surface area contributed by atoms with Crippen molar-refractivity contribution >= 4 is 16.6 Å². The molecule has 2 heterocycles. The second kappa shape index (κ2) is 8.17. The van der Waals surface area contributed by atoms with Crippen LogP contribution in [0.3, 0.4) is 0 Å². The second-order valence-electron chi connectivity index (χ2n) is 7.54. The topological polar surface area (TPSA) is 48.6 Å². The first-order chi connectivity index (χ1) is 13.6. The maximum Gasteiger partial charge on any atom is 0.194 e. The number of aryl methyl sites for hydroxylation is 1. The summed E-state index contributed by atoms with van der Waals surface area (Å²) < 4.78 is 5.44. The quantitative estimate of drug-likeness (QED) is 0.741. The Morgan fingerprint density at radius 2 is 1.82 bits per heavy atom. The number of aromatic nitrogens is 1. The van der Waals surface area contributed by atoms with Crippen molar-refractivity contribution in [1.82, 2.24) is 9.88 Å². The van der Waals surface area contributed by atoms with Gasteiger partial charge in [-0.05, 0) is 37.7 Å². The van der Waals surface area contributed by atoms with Gasteiger partial charge in [0.1, 0.15) is 0 Å². The van der Waals surface area contributed by atoms with Crippen LogP contribution in [0, 0.1) is 6.92 Å². The monoisotopic (exact) mass is 377 g/mol. The fraction of sp³-hybridized carbons (Fsp3) is 0.348. The van der Waals surface area contributed by atoms with Crippen LogP contribution in [-0.2, 0) is 17.8 Å². The molecule has 1 N–H and O–H groups in total. The Labute approximate surface area is 165 Å². The highest BCUT2D eigenvalue weighted by Crippen LogP contribution is 2.21. The molecule has 3 aromatic rings. The molecule has 1 aromatic heterocycles. The van der Waals surface area contributed by atoms with Gasteiger partial charge in [0.15, 0.2) is 5.43 Å². The minimum atomic E-state index is 0.126. The van der Waals surface area contributed by atoms with E-state index in [1.807, 2.05) is 37.3 Å². The predicted molar refractivity (Wildman–Crippen MR) is 114 cm³/mol. The lowest BCUT2D eigenvalue weighted by molar-refractivity contribution is 0.122. The smallest absolute Gasteiger partial charge is 0.194 e. The van der Waals surface area contributed by atoms with Gasteiger partial charge in [0.2, 0.25) is 0 Å². The molecule has 0 radical (unpaired) electrons. The average Bonchev–Trinajstić information content (AvgIpc) is 2.72. The minimum absolute atomic E-state index is 0.126. The molecule has 28 heavy (non-hydrogen) atoms. The molecule has 5 nitrogen and oxygen atoms in total. The predicted octanol–water partition coefficient (Wildman–Crippen LogP) is 3.31. The van der Waals surface area contributed by atoms with Gasteiger partial charge in [-0.2, -0.15) is 0 Å². The van der Waals surface area contributed by atoms with E-state index in [9.17, 15) is 4.79 Å². The molecular formula is C23H27N3O2. The first-order valence-electron chi connectivity index (χ1n) is 9.82. The van der Waals surface area contributed by atoms with E-state index in [1.165, 1.54) is 5.56 Å². The van der Waals surface area contributed by atoms with Crippen molar-refractivity contribution < 1.29 is 4.74 Å². The lowest BCUT2D eigenvalue weighted by Gasteiger charge is -2.29. The van der Waals surface area contributed by atoms with Crippen LogP contribution in [0.2, 0.25) is 0 Å². The van der Waals surface area contributed by atoms with Gasteiger partial charge in [0.25, 0.3) is 0 Å². The highest BCUT2D eigenvalue weighted by atomic mass is 16.5. The van der Waals surface area contributed by atoms with E-state index in [0.29, 0.717) is 6.54 Å². The van der Waals surface area contributed by atoms with Crippen molar-refractivity contribution in [3.8, 4) is 0 Å². The van der Waals surface area contributed by atoms with E-state index >= 15 is 0 Å². The van der Waals surface area contributed by atoms with E-state index < -0.39 is 0 Å². The van der Waals surface area contributed by atoms with Gasteiger partial charge >= 0.3 is 0 Å². The summed E-state index contributed by atoms with van der Waals surface area (Å²) >= 11 is 0. The van der Waals surface area contributed by atoms with E-state index in [0.717, 1.165) is 60.7 Å². The number of fused-ring (bicyclic) bond motifs is 1. The van der Waals surface area contributed by atoms with Crippen LogP contribution in [0.25, 0.3) is 10.9 Å². The number of morpholine rings is 1. The maximum atomic E-state index is 13.3. The first-order valence-corrected chi connectivity index (χ1v) is 9.82. The zero-order valence-electron chi connectivity index (χ0n) is 16.6. The molecular weight excluding hydrogens is 350 g/mol. The Balaban J connectivity index is 1.63. The van der Waals surface area contributed by atoms with Gasteiger partial charge < -0.3 is 14.6 Å². The summed E-state index contributed by atoms with van der Waals surface area (Å²) in [6.45, 7) is 6.61. The lowest BCUT2D eigenvalue weighted by Crippen LogP contribution is -2.36. The maximum absolute atomic E-state index is 13.3. The van der Waals surface area contributed by atoms with Crippen molar-refractivity contribution in [2.45, 2.75) is 20.0 Å². The molecule has 0 unspecified atom stereocenters. The van der Waals surface area contributed by atoms with Gasteiger partial charge in [0.05, 0.1) is 13.2 Å². The van der Waals surface area contributed by atoms with Crippen molar-refractivity contribution in [3.05, 3.63) is 75.6 Å². The standard InChI is InChI=1S/C23H27N3O2/c1-17-21(16-25(2)15-18-6-4-3-5-7-18)23(27)20-14-19(8-9-22(20)24-17)26-10-12-28-13-11-26/h3-9,14H,10-13,15-16H2,1-2H3,(H,24,27). The molecule has 0 spiro atoms. The number of benzene rings is 2. The van der Waals surface area contributed by atoms with E-state index in [1.54, 1.807) is 0 Å². The number of hydrogen-bond acceptors (Lipinski definition) is 4. The van der Waals surface area contributed by atoms with Gasteiger partial charge in [0, 0.05) is 54.0 Å². The molecule has 5 heteroatoms. The molecule has 146 valence electrons. The summed E-state index contributed by atoms with van der Waals surface area (Å²) in [5, 5.41) is 0.762. The Morgan fingerprint density at radius 1 is 1.07 bits per heavy atom. The Kier molecular flexibility index (Phi) is 5.46. The number of pyridine rings is 1. The molecule has 4 rings (SSSR count).